The zero-order chi connectivity index (χ0) is 17.4. The van der Waals surface area contributed by atoms with Crippen molar-refractivity contribution in [3.63, 3.8) is 0 Å². The normalized spacial score (nSPS) is 11.4. The van der Waals surface area contributed by atoms with Gasteiger partial charge < -0.3 is 4.74 Å². The molecule has 0 atom stereocenters. The third-order valence-corrected chi connectivity index (χ3v) is 4.26. The minimum absolute atomic E-state index is 0. The summed E-state index contributed by atoms with van der Waals surface area (Å²) in [6, 6.07) is 0. The second kappa shape index (κ2) is 17.9. The molecule has 137 valence electrons. The van der Waals surface area contributed by atoms with E-state index in [0.717, 1.165) is 25.7 Å². The predicted molar refractivity (Wildman–Crippen MR) is 98.7 cm³/mol. The van der Waals surface area contributed by atoms with Crippen LogP contribution in [0.3, 0.4) is 0 Å². The Labute approximate surface area is 169 Å². The Hall–Kier alpha value is 0.120. The smallest absolute Gasteiger partial charge is 0.305 e. The summed E-state index contributed by atoms with van der Waals surface area (Å²) in [7, 11) is -3.96. The SMILES string of the molecule is CCCCC=CCCCCCCCC(=O)OCCCS(=O)(=O)O.[Na]. The monoisotopic (exact) mass is 371 g/mol. The number of rotatable bonds is 15. The molecular weight excluding hydrogens is 339 g/mol. The van der Waals surface area contributed by atoms with E-state index in [1.165, 1.54) is 32.1 Å². The molecule has 24 heavy (non-hydrogen) atoms. The number of unbranched alkanes of at least 4 members (excludes halogenated alkanes) is 7. The zero-order valence-corrected chi connectivity index (χ0v) is 18.2. The third-order valence-electron chi connectivity index (χ3n) is 3.45. The molecule has 0 heterocycles. The summed E-state index contributed by atoms with van der Waals surface area (Å²) >= 11 is 0. The van der Waals surface area contributed by atoms with Gasteiger partial charge in [0.05, 0.1) is 12.4 Å². The number of ether oxygens (including phenoxy) is 1. The number of esters is 1. The van der Waals surface area contributed by atoms with Gasteiger partial charge in [0.25, 0.3) is 10.1 Å². The van der Waals surface area contributed by atoms with E-state index >= 15 is 0 Å². The Morgan fingerprint density at radius 3 is 2.17 bits per heavy atom. The molecule has 1 radical (unpaired) electrons. The summed E-state index contributed by atoms with van der Waals surface area (Å²) in [5, 5.41) is 0. The van der Waals surface area contributed by atoms with E-state index in [4.69, 9.17) is 9.29 Å². The molecule has 0 aliphatic rings. The van der Waals surface area contributed by atoms with Gasteiger partial charge in [-0.25, -0.2) is 0 Å². The number of carbonyl (C=O) groups excluding carboxylic acids is 1. The molecule has 7 heteroatoms. The van der Waals surface area contributed by atoms with E-state index < -0.39 is 10.1 Å². The van der Waals surface area contributed by atoms with Crippen molar-refractivity contribution in [2.45, 2.75) is 77.6 Å². The summed E-state index contributed by atoms with van der Waals surface area (Å²) < 4.78 is 34.4. The fraction of sp³-hybridized carbons (Fsp3) is 0.824. The van der Waals surface area contributed by atoms with Crippen LogP contribution in [0.1, 0.15) is 77.6 Å². The van der Waals surface area contributed by atoms with Crippen LogP contribution in [-0.4, -0.2) is 60.9 Å². The van der Waals surface area contributed by atoms with Crippen molar-refractivity contribution in [2.24, 2.45) is 0 Å². The molecule has 0 aromatic heterocycles. The van der Waals surface area contributed by atoms with Crippen molar-refractivity contribution >= 4 is 45.6 Å². The van der Waals surface area contributed by atoms with E-state index in [1.54, 1.807) is 0 Å². The van der Waals surface area contributed by atoms with Gasteiger partial charge in [-0.3, -0.25) is 9.35 Å². The van der Waals surface area contributed by atoms with Crippen molar-refractivity contribution in [3.05, 3.63) is 12.2 Å². The number of carbonyl (C=O) groups is 1. The molecule has 0 unspecified atom stereocenters. The van der Waals surface area contributed by atoms with Crippen molar-refractivity contribution in [1.29, 1.82) is 0 Å². The van der Waals surface area contributed by atoms with Crippen LogP contribution < -0.4 is 0 Å². The van der Waals surface area contributed by atoms with Gasteiger partial charge in [-0.1, -0.05) is 51.2 Å². The fourth-order valence-corrected chi connectivity index (χ4v) is 2.60. The van der Waals surface area contributed by atoms with E-state index in [9.17, 15) is 13.2 Å². The quantitative estimate of drug-likeness (QED) is 0.155. The average molecular weight is 371 g/mol. The summed E-state index contributed by atoms with van der Waals surface area (Å²) in [6.45, 7) is 2.24. The average Bonchev–Trinajstić information content (AvgIpc) is 2.48. The maximum absolute atomic E-state index is 11.4. The largest absolute Gasteiger partial charge is 0.466 e. The molecule has 0 amide bonds. The minimum atomic E-state index is -3.96. The molecule has 0 bridgehead atoms. The van der Waals surface area contributed by atoms with Crippen molar-refractivity contribution in [3.8, 4) is 0 Å². The Morgan fingerprint density at radius 1 is 0.958 bits per heavy atom. The van der Waals surface area contributed by atoms with Crippen LogP contribution in [0.5, 0.6) is 0 Å². The van der Waals surface area contributed by atoms with E-state index in [2.05, 4.69) is 19.1 Å². The van der Waals surface area contributed by atoms with Crippen LogP contribution in [0.25, 0.3) is 0 Å². The maximum Gasteiger partial charge on any atom is 0.305 e. The van der Waals surface area contributed by atoms with Crippen LogP contribution in [0, 0.1) is 0 Å². The van der Waals surface area contributed by atoms with Gasteiger partial charge in [0.15, 0.2) is 0 Å². The van der Waals surface area contributed by atoms with Crippen LogP contribution in [0.4, 0.5) is 0 Å². The summed E-state index contributed by atoms with van der Waals surface area (Å²) in [4.78, 5) is 11.4. The van der Waals surface area contributed by atoms with E-state index in [0.29, 0.717) is 6.42 Å². The van der Waals surface area contributed by atoms with Crippen molar-refractivity contribution in [2.75, 3.05) is 12.4 Å². The first-order valence-electron chi connectivity index (χ1n) is 8.71. The molecule has 5 nitrogen and oxygen atoms in total. The molecule has 0 saturated heterocycles. The van der Waals surface area contributed by atoms with Crippen molar-refractivity contribution < 1.29 is 22.5 Å². The Balaban J connectivity index is 0. The molecule has 1 N–H and O–H groups in total. The topological polar surface area (TPSA) is 80.7 Å². The molecule has 0 aliphatic carbocycles. The first-order valence-corrected chi connectivity index (χ1v) is 10.3. The van der Waals surface area contributed by atoms with Crippen LogP contribution in [-0.2, 0) is 19.6 Å². The minimum Gasteiger partial charge on any atom is -0.466 e. The van der Waals surface area contributed by atoms with Gasteiger partial charge in [0, 0.05) is 36.0 Å². The first-order chi connectivity index (χ1) is 11.0. The fourth-order valence-electron chi connectivity index (χ4n) is 2.12. The molecule has 0 aromatic rings. The van der Waals surface area contributed by atoms with Gasteiger partial charge in [-0.2, -0.15) is 8.42 Å². The second-order valence-electron chi connectivity index (χ2n) is 5.78. The third kappa shape index (κ3) is 22.1. The molecular formula is C17H32NaO5S. The number of hydrogen-bond acceptors (Lipinski definition) is 4. The molecule has 0 fully saturated rings. The zero-order valence-electron chi connectivity index (χ0n) is 15.3. The Bertz CT molecular complexity index is 421. The Morgan fingerprint density at radius 2 is 1.54 bits per heavy atom. The van der Waals surface area contributed by atoms with Crippen molar-refractivity contribution in [1.82, 2.24) is 0 Å². The Kier molecular flexibility index (Phi) is 19.7. The van der Waals surface area contributed by atoms with Crippen LogP contribution >= 0.6 is 0 Å². The standard InChI is InChI=1S/C17H32O5S.Na/c1-2-3-4-5-6-7-8-9-10-11-12-14-17(18)22-15-13-16-23(19,20)21;/h5-6H,2-4,7-16H2,1H3,(H,19,20,21);. The summed E-state index contributed by atoms with van der Waals surface area (Å²) in [5.41, 5.74) is 0. The summed E-state index contributed by atoms with van der Waals surface area (Å²) in [6.07, 6.45) is 15.2. The van der Waals surface area contributed by atoms with Crippen LogP contribution in [0.15, 0.2) is 12.2 Å². The van der Waals surface area contributed by atoms with Gasteiger partial charge in [-0.05, 0) is 32.1 Å². The van der Waals surface area contributed by atoms with E-state index in [1.807, 2.05) is 0 Å². The molecule has 0 aromatic carbocycles. The van der Waals surface area contributed by atoms with Gasteiger partial charge in [0.2, 0.25) is 0 Å². The molecule has 0 saturated carbocycles. The van der Waals surface area contributed by atoms with E-state index in [-0.39, 0.29) is 54.3 Å². The summed E-state index contributed by atoms with van der Waals surface area (Å²) in [5.74, 6) is -0.660. The van der Waals surface area contributed by atoms with Gasteiger partial charge >= 0.3 is 5.97 Å². The van der Waals surface area contributed by atoms with Gasteiger partial charge in [-0.15, -0.1) is 0 Å². The second-order valence-corrected chi connectivity index (χ2v) is 7.35. The molecule has 0 aliphatic heterocycles. The van der Waals surface area contributed by atoms with Crippen LogP contribution in [0.2, 0.25) is 0 Å². The first kappa shape index (κ1) is 26.4. The molecule has 0 rings (SSSR count). The number of hydrogen-bond donors (Lipinski definition) is 1. The van der Waals surface area contributed by atoms with Gasteiger partial charge in [0.1, 0.15) is 0 Å². The number of allylic oxidation sites excluding steroid dienone is 2. The molecule has 0 spiro atoms. The maximum atomic E-state index is 11.4. The predicted octanol–water partition coefficient (Wildman–Crippen LogP) is 3.90.